The molecule has 5 nitrogen and oxygen atoms in total. The number of nitrogens with one attached hydrogen (secondary N) is 2. The van der Waals surface area contributed by atoms with Crippen LogP contribution >= 0.6 is 11.3 Å². The van der Waals surface area contributed by atoms with Crippen LogP contribution in [0.3, 0.4) is 0 Å². The molecule has 2 aromatic rings. The van der Waals surface area contributed by atoms with Crippen molar-refractivity contribution >= 4 is 17.4 Å². The van der Waals surface area contributed by atoms with Gasteiger partial charge in [0, 0.05) is 31.1 Å². The highest BCUT2D eigenvalue weighted by atomic mass is 32.1. The van der Waals surface area contributed by atoms with Crippen molar-refractivity contribution < 1.29 is 4.79 Å². The summed E-state index contributed by atoms with van der Waals surface area (Å²) in [5, 5.41) is 8.16. The summed E-state index contributed by atoms with van der Waals surface area (Å²) in [7, 11) is 2.08. The van der Waals surface area contributed by atoms with Gasteiger partial charge < -0.3 is 15.5 Å². The standard InChI is InChI=1S/C21H30N4OS/c1-24(17-18-8-3-2-4-9-18)14-11-22-21(26)23-16-19(20-10-7-15-27-20)25-12-5-6-13-25/h2-4,7-10,15,19H,5-6,11-14,16-17H2,1H3,(H2,22,23,26). The van der Waals surface area contributed by atoms with E-state index in [2.05, 4.69) is 69.3 Å². The third-order valence-corrected chi connectivity index (χ3v) is 5.96. The third kappa shape index (κ3) is 6.34. The van der Waals surface area contributed by atoms with Crippen LogP contribution in [0.5, 0.6) is 0 Å². The van der Waals surface area contributed by atoms with Crippen molar-refractivity contribution in [1.29, 1.82) is 0 Å². The van der Waals surface area contributed by atoms with E-state index in [4.69, 9.17) is 0 Å². The number of benzene rings is 1. The Hall–Kier alpha value is -1.89. The lowest BCUT2D eigenvalue weighted by molar-refractivity contribution is 0.221. The number of likely N-dealkylation sites (N-methyl/N-ethyl adjacent to an activating group) is 1. The maximum Gasteiger partial charge on any atom is 0.314 e. The van der Waals surface area contributed by atoms with Gasteiger partial charge in [-0.3, -0.25) is 4.90 Å². The Labute approximate surface area is 166 Å². The molecule has 6 heteroatoms. The van der Waals surface area contributed by atoms with Crippen molar-refractivity contribution in [1.82, 2.24) is 20.4 Å². The highest BCUT2D eigenvalue weighted by Crippen LogP contribution is 2.27. The molecule has 2 amide bonds. The molecule has 1 saturated heterocycles. The number of rotatable bonds is 9. The molecule has 0 saturated carbocycles. The van der Waals surface area contributed by atoms with Gasteiger partial charge in [0.2, 0.25) is 0 Å². The zero-order chi connectivity index (χ0) is 18.9. The number of nitrogens with zero attached hydrogens (tertiary/aromatic N) is 2. The van der Waals surface area contributed by atoms with E-state index >= 15 is 0 Å². The maximum atomic E-state index is 12.2. The van der Waals surface area contributed by atoms with Crippen molar-refractivity contribution in [2.45, 2.75) is 25.4 Å². The molecular weight excluding hydrogens is 356 g/mol. The number of amides is 2. The predicted octanol–water partition coefficient (Wildman–Crippen LogP) is 3.32. The molecule has 0 spiro atoms. The first-order chi connectivity index (χ1) is 13.2. The second-order valence-electron chi connectivity index (χ2n) is 7.13. The van der Waals surface area contributed by atoms with Crippen LogP contribution in [0.2, 0.25) is 0 Å². The van der Waals surface area contributed by atoms with Gasteiger partial charge >= 0.3 is 6.03 Å². The van der Waals surface area contributed by atoms with Crippen molar-refractivity contribution in [2.75, 3.05) is 39.8 Å². The molecule has 1 atom stereocenters. The van der Waals surface area contributed by atoms with Crippen molar-refractivity contribution in [3.8, 4) is 0 Å². The van der Waals surface area contributed by atoms with E-state index in [1.807, 2.05) is 6.07 Å². The Morgan fingerprint density at radius 1 is 1.15 bits per heavy atom. The molecule has 27 heavy (non-hydrogen) atoms. The maximum absolute atomic E-state index is 12.2. The van der Waals surface area contributed by atoms with Crippen LogP contribution in [0.15, 0.2) is 47.8 Å². The van der Waals surface area contributed by atoms with Crippen LogP contribution in [0, 0.1) is 0 Å². The molecule has 0 bridgehead atoms. The lowest BCUT2D eigenvalue weighted by Gasteiger charge is -2.27. The van der Waals surface area contributed by atoms with Crippen LogP contribution in [-0.2, 0) is 6.54 Å². The highest BCUT2D eigenvalue weighted by molar-refractivity contribution is 7.10. The molecule has 1 aliphatic heterocycles. The summed E-state index contributed by atoms with van der Waals surface area (Å²) in [5.41, 5.74) is 1.29. The molecule has 1 unspecified atom stereocenters. The van der Waals surface area contributed by atoms with E-state index in [1.165, 1.54) is 23.3 Å². The Bertz CT molecular complexity index is 671. The van der Waals surface area contributed by atoms with Crippen LogP contribution in [0.25, 0.3) is 0 Å². The molecular formula is C21H30N4OS. The van der Waals surface area contributed by atoms with Gasteiger partial charge in [0.25, 0.3) is 0 Å². The van der Waals surface area contributed by atoms with Gasteiger partial charge in [-0.25, -0.2) is 4.79 Å². The fourth-order valence-corrected chi connectivity index (χ4v) is 4.39. The fraction of sp³-hybridized carbons (Fsp3) is 0.476. The summed E-state index contributed by atoms with van der Waals surface area (Å²) in [6.07, 6.45) is 2.50. The van der Waals surface area contributed by atoms with E-state index in [9.17, 15) is 4.79 Å². The smallest absolute Gasteiger partial charge is 0.314 e. The quantitative estimate of drug-likeness (QED) is 0.695. The van der Waals surface area contributed by atoms with E-state index < -0.39 is 0 Å². The second kappa shape index (κ2) is 10.4. The SMILES string of the molecule is CN(CCNC(=O)NCC(c1cccs1)N1CCCC1)Cc1ccccc1. The first-order valence-electron chi connectivity index (χ1n) is 9.74. The molecule has 2 heterocycles. The van der Waals surface area contributed by atoms with Crippen molar-refractivity contribution in [3.63, 3.8) is 0 Å². The number of likely N-dealkylation sites (tertiary alicyclic amines) is 1. The van der Waals surface area contributed by atoms with Gasteiger partial charge in [-0.2, -0.15) is 0 Å². The summed E-state index contributed by atoms with van der Waals surface area (Å²) in [4.78, 5) is 18.3. The monoisotopic (exact) mass is 386 g/mol. The average Bonchev–Trinajstić information content (AvgIpc) is 3.37. The molecule has 1 fully saturated rings. The van der Waals surface area contributed by atoms with E-state index in [0.29, 0.717) is 19.1 Å². The Morgan fingerprint density at radius 2 is 1.93 bits per heavy atom. The van der Waals surface area contributed by atoms with E-state index in [0.717, 1.165) is 26.2 Å². The summed E-state index contributed by atoms with van der Waals surface area (Å²) < 4.78 is 0. The van der Waals surface area contributed by atoms with Crippen LogP contribution < -0.4 is 10.6 Å². The zero-order valence-corrected chi connectivity index (χ0v) is 16.9. The van der Waals surface area contributed by atoms with Crippen molar-refractivity contribution in [2.24, 2.45) is 0 Å². The lowest BCUT2D eigenvalue weighted by Crippen LogP contribution is -2.43. The molecule has 3 rings (SSSR count). The minimum atomic E-state index is -0.0798. The van der Waals surface area contributed by atoms with Gasteiger partial charge in [0.1, 0.15) is 0 Å². The average molecular weight is 387 g/mol. The van der Waals surface area contributed by atoms with Crippen LogP contribution in [0.4, 0.5) is 4.79 Å². The summed E-state index contributed by atoms with van der Waals surface area (Å²) in [6, 6.07) is 14.9. The highest BCUT2D eigenvalue weighted by Gasteiger charge is 2.24. The Kier molecular flexibility index (Phi) is 7.68. The first kappa shape index (κ1) is 19.9. The van der Waals surface area contributed by atoms with Crippen LogP contribution in [0.1, 0.15) is 29.3 Å². The first-order valence-corrected chi connectivity index (χ1v) is 10.6. The molecule has 0 aliphatic carbocycles. The van der Waals surface area contributed by atoms with E-state index in [-0.39, 0.29) is 6.03 Å². The summed E-state index contributed by atoms with van der Waals surface area (Å²) in [5.74, 6) is 0. The molecule has 2 N–H and O–H groups in total. The molecule has 146 valence electrons. The number of hydrogen-bond acceptors (Lipinski definition) is 4. The topological polar surface area (TPSA) is 47.6 Å². The van der Waals surface area contributed by atoms with Crippen LogP contribution in [-0.4, -0.2) is 55.6 Å². The summed E-state index contributed by atoms with van der Waals surface area (Å²) >= 11 is 1.77. The number of thiophene rings is 1. The molecule has 1 aliphatic rings. The van der Waals surface area contributed by atoms with E-state index in [1.54, 1.807) is 11.3 Å². The predicted molar refractivity (Wildman–Crippen MR) is 112 cm³/mol. The molecule has 1 aromatic heterocycles. The number of hydrogen-bond donors (Lipinski definition) is 2. The van der Waals surface area contributed by atoms with Crippen molar-refractivity contribution in [3.05, 3.63) is 58.3 Å². The minimum absolute atomic E-state index is 0.0798. The normalized spacial score (nSPS) is 15.8. The molecule has 0 radical (unpaired) electrons. The Morgan fingerprint density at radius 3 is 2.63 bits per heavy atom. The van der Waals surface area contributed by atoms with Gasteiger partial charge in [-0.05, 0) is 50.0 Å². The second-order valence-corrected chi connectivity index (χ2v) is 8.11. The van der Waals surface area contributed by atoms with Gasteiger partial charge in [-0.1, -0.05) is 36.4 Å². The lowest BCUT2D eigenvalue weighted by atomic mass is 10.2. The zero-order valence-electron chi connectivity index (χ0n) is 16.1. The number of urea groups is 1. The number of carbonyl (C=O) groups excluding carboxylic acids is 1. The van der Waals surface area contributed by atoms with Gasteiger partial charge in [-0.15, -0.1) is 11.3 Å². The largest absolute Gasteiger partial charge is 0.337 e. The van der Waals surface area contributed by atoms with Gasteiger partial charge in [0.15, 0.2) is 0 Å². The molecule has 1 aromatic carbocycles. The summed E-state index contributed by atoms with van der Waals surface area (Å²) in [6.45, 7) is 5.25. The van der Waals surface area contributed by atoms with Gasteiger partial charge in [0.05, 0.1) is 6.04 Å². The minimum Gasteiger partial charge on any atom is -0.337 e. The fourth-order valence-electron chi connectivity index (χ4n) is 3.53. The number of carbonyl (C=O) groups is 1. The third-order valence-electron chi connectivity index (χ3n) is 4.98. The Balaban J connectivity index is 1.38.